The van der Waals surface area contributed by atoms with Crippen molar-refractivity contribution in [3.63, 3.8) is 0 Å². The molecule has 1 aromatic heterocycles. The molecule has 2 aliphatic heterocycles. The van der Waals surface area contributed by atoms with E-state index in [1.54, 1.807) is 0 Å². The Morgan fingerprint density at radius 3 is 3.11 bits per heavy atom. The first-order chi connectivity index (χ1) is 8.81. The quantitative estimate of drug-likeness (QED) is 0.811. The molecular formula is C12H19AsN4O. The number of nitrogens with one attached hydrogen (secondary N) is 1. The fourth-order valence-electron chi connectivity index (χ4n) is 2.32. The van der Waals surface area contributed by atoms with Gasteiger partial charge in [-0.05, 0) is 0 Å². The van der Waals surface area contributed by atoms with Crippen LogP contribution in [0.1, 0.15) is 12.8 Å². The molecule has 5 nitrogen and oxygen atoms in total. The minimum absolute atomic E-state index is 0.323. The van der Waals surface area contributed by atoms with E-state index in [-0.39, 0.29) is 0 Å². The van der Waals surface area contributed by atoms with Crippen molar-refractivity contribution in [2.24, 2.45) is 0 Å². The van der Waals surface area contributed by atoms with Crippen LogP contribution in [0.3, 0.4) is 0 Å². The van der Waals surface area contributed by atoms with Crippen LogP contribution in [0.4, 0.5) is 11.8 Å². The zero-order valence-electron chi connectivity index (χ0n) is 10.4. The van der Waals surface area contributed by atoms with E-state index in [0.29, 0.717) is 12.1 Å². The van der Waals surface area contributed by atoms with Crippen molar-refractivity contribution in [2.45, 2.75) is 23.7 Å². The van der Waals surface area contributed by atoms with Crippen molar-refractivity contribution in [2.75, 3.05) is 36.5 Å². The summed E-state index contributed by atoms with van der Waals surface area (Å²) < 4.78 is 6.42. The summed E-state index contributed by atoms with van der Waals surface area (Å²) in [5, 5.41) is 3.27. The van der Waals surface area contributed by atoms with E-state index in [4.69, 9.17) is 4.74 Å². The van der Waals surface area contributed by atoms with Crippen LogP contribution in [0.15, 0.2) is 12.3 Å². The standard InChI is InChI=1S/C12H19AsN4O/c13-9-7-17(8-9)11-3-4-14-12(16-11)15-6-10-2-1-5-18-10/h3-4,9-10H,1-2,5-8,13H2,(H,14,15,16)/t10-/m1/s1. The molecule has 3 rings (SSSR count). The van der Waals surface area contributed by atoms with Gasteiger partial charge in [-0.25, -0.2) is 0 Å². The van der Waals surface area contributed by atoms with Gasteiger partial charge in [-0.3, -0.25) is 0 Å². The summed E-state index contributed by atoms with van der Waals surface area (Å²) in [5.41, 5.74) is 0. The van der Waals surface area contributed by atoms with Crippen LogP contribution in [-0.4, -0.2) is 59.2 Å². The van der Waals surface area contributed by atoms with E-state index >= 15 is 0 Å². The van der Waals surface area contributed by atoms with Crippen LogP contribution >= 0.6 is 0 Å². The molecule has 0 aliphatic carbocycles. The zero-order chi connectivity index (χ0) is 12.4. The normalized spacial score (nSPS) is 24.1. The summed E-state index contributed by atoms with van der Waals surface area (Å²) in [6.45, 7) is 3.95. The van der Waals surface area contributed by atoms with E-state index in [0.717, 1.165) is 43.2 Å². The van der Waals surface area contributed by atoms with Gasteiger partial charge in [-0.2, -0.15) is 0 Å². The first-order valence-electron chi connectivity index (χ1n) is 6.50. The fraction of sp³-hybridized carbons (Fsp3) is 0.667. The zero-order valence-corrected chi connectivity index (χ0v) is 12.8. The number of hydrogen-bond acceptors (Lipinski definition) is 5. The molecule has 0 bridgehead atoms. The molecule has 0 spiro atoms. The van der Waals surface area contributed by atoms with E-state index in [1.165, 1.54) is 6.42 Å². The number of nitrogens with zero attached hydrogens (tertiary/aromatic N) is 3. The van der Waals surface area contributed by atoms with Crippen molar-refractivity contribution >= 4 is 28.6 Å². The Labute approximate surface area is 116 Å². The predicted molar refractivity (Wildman–Crippen MR) is 74.0 cm³/mol. The van der Waals surface area contributed by atoms with Crippen molar-refractivity contribution in [3.05, 3.63) is 12.3 Å². The SMILES string of the molecule is [AsH2]C1CN(c2ccnc(NC[C@H]3CCCO3)n2)C1. The van der Waals surface area contributed by atoms with Crippen LogP contribution in [-0.2, 0) is 4.74 Å². The van der Waals surface area contributed by atoms with Crippen molar-refractivity contribution in [1.29, 1.82) is 0 Å². The Kier molecular flexibility index (Phi) is 3.71. The Balaban J connectivity index is 1.56. The molecule has 2 aliphatic rings. The summed E-state index contributed by atoms with van der Waals surface area (Å²) in [7, 11) is 0. The number of ether oxygens (including phenoxy) is 1. The molecule has 18 heavy (non-hydrogen) atoms. The van der Waals surface area contributed by atoms with Gasteiger partial charge in [0.2, 0.25) is 0 Å². The van der Waals surface area contributed by atoms with Gasteiger partial charge in [-0.15, -0.1) is 0 Å². The third-order valence-corrected chi connectivity index (χ3v) is 4.27. The number of anilines is 2. The maximum atomic E-state index is 5.57. The van der Waals surface area contributed by atoms with Crippen LogP contribution < -0.4 is 10.2 Å². The van der Waals surface area contributed by atoms with Crippen LogP contribution in [0, 0.1) is 0 Å². The van der Waals surface area contributed by atoms with Crippen LogP contribution in [0.25, 0.3) is 0 Å². The second kappa shape index (κ2) is 5.45. The van der Waals surface area contributed by atoms with Gasteiger partial charge in [-0.1, -0.05) is 0 Å². The van der Waals surface area contributed by atoms with Gasteiger partial charge in [0.05, 0.1) is 0 Å². The van der Waals surface area contributed by atoms with Crippen LogP contribution in [0.5, 0.6) is 0 Å². The molecule has 98 valence electrons. The monoisotopic (exact) mass is 310 g/mol. The van der Waals surface area contributed by atoms with Gasteiger partial charge in [0.15, 0.2) is 0 Å². The van der Waals surface area contributed by atoms with Gasteiger partial charge >= 0.3 is 116 Å². The average molecular weight is 310 g/mol. The molecular weight excluding hydrogens is 291 g/mol. The predicted octanol–water partition coefficient (Wildman–Crippen LogP) is 0.309. The number of hydrogen-bond donors (Lipinski definition) is 1. The summed E-state index contributed by atoms with van der Waals surface area (Å²) in [5.74, 6) is 1.75. The van der Waals surface area contributed by atoms with Crippen molar-refractivity contribution < 1.29 is 4.74 Å². The molecule has 1 unspecified atom stereocenters. The number of rotatable bonds is 4. The van der Waals surface area contributed by atoms with Crippen molar-refractivity contribution in [1.82, 2.24) is 9.97 Å². The fourth-order valence-corrected chi connectivity index (χ4v) is 3.39. The molecule has 2 fully saturated rings. The minimum atomic E-state index is 0.323. The third kappa shape index (κ3) is 2.78. The Bertz CT molecular complexity index is 405. The van der Waals surface area contributed by atoms with Gasteiger partial charge in [0.1, 0.15) is 0 Å². The summed E-state index contributed by atoms with van der Waals surface area (Å²) >= 11 is 1.82. The molecule has 0 radical (unpaired) electrons. The van der Waals surface area contributed by atoms with E-state index in [2.05, 4.69) is 20.2 Å². The molecule has 2 atom stereocenters. The third-order valence-electron chi connectivity index (χ3n) is 3.39. The topological polar surface area (TPSA) is 50.3 Å². The van der Waals surface area contributed by atoms with Gasteiger partial charge < -0.3 is 0 Å². The van der Waals surface area contributed by atoms with Crippen LogP contribution in [0.2, 0.25) is 4.71 Å². The second-order valence-electron chi connectivity index (χ2n) is 4.92. The van der Waals surface area contributed by atoms with Crippen molar-refractivity contribution in [3.8, 4) is 0 Å². The molecule has 0 saturated carbocycles. The molecule has 1 N–H and O–H groups in total. The molecule has 2 saturated heterocycles. The Morgan fingerprint density at radius 1 is 1.50 bits per heavy atom. The van der Waals surface area contributed by atoms with Gasteiger partial charge in [0.25, 0.3) is 0 Å². The maximum absolute atomic E-state index is 5.57. The molecule has 3 heterocycles. The van der Waals surface area contributed by atoms with E-state index in [9.17, 15) is 0 Å². The first kappa shape index (κ1) is 12.2. The Morgan fingerprint density at radius 2 is 2.39 bits per heavy atom. The van der Waals surface area contributed by atoms with E-state index < -0.39 is 0 Å². The molecule has 0 amide bonds. The Hall–Kier alpha value is -0.802. The second-order valence-corrected chi connectivity index (χ2v) is 6.90. The molecule has 1 aromatic rings. The van der Waals surface area contributed by atoms with Gasteiger partial charge in [0, 0.05) is 0 Å². The first-order valence-corrected chi connectivity index (χ1v) is 7.90. The van der Waals surface area contributed by atoms with E-state index in [1.807, 2.05) is 29.1 Å². The molecule has 0 aromatic carbocycles. The number of aromatic nitrogens is 2. The summed E-state index contributed by atoms with van der Waals surface area (Å²) in [4.78, 5) is 11.1. The average Bonchev–Trinajstić information content (AvgIpc) is 2.86. The summed E-state index contributed by atoms with van der Waals surface area (Å²) in [6, 6.07) is 1.98. The molecule has 6 heteroatoms. The summed E-state index contributed by atoms with van der Waals surface area (Å²) in [6.07, 6.45) is 4.46.